The van der Waals surface area contributed by atoms with Crippen molar-refractivity contribution in [2.45, 2.75) is 32.7 Å². The molecule has 0 amide bonds. The van der Waals surface area contributed by atoms with E-state index in [1.807, 2.05) is 20.8 Å². The van der Waals surface area contributed by atoms with Gasteiger partial charge in [-0.05, 0) is 27.2 Å². The van der Waals surface area contributed by atoms with Gasteiger partial charge in [0.15, 0.2) is 0 Å². The third kappa shape index (κ3) is 1.97. The van der Waals surface area contributed by atoms with Crippen molar-refractivity contribution < 1.29 is 4.21 Å². The summed E-state index contributed by atoms with van der Waals surface area (Å²) >= 11 is 0. The van der Waals surface area contributed by atoms with E-state index in [0.29, 0.717) is 0 Å². The molecule has 0 atom stereocenters. The van der Waals surface area contributed by atoms with Crippen LogP contribution in [-0.2, 0) is 9.73 Å². The van der Waals surface area contributed by atoms with E-state index in [9.17, 15) is 4.21 Å². The summed E-state index contributed by atoms with van der Waals surface area (Å²) in [6, 6.07) is 0. The number of rotatable bonds is 0. The summed E-state index contributed by atoms with van der Waals surface area (Å²) < 4.78 is 15.8. The van der Waals surface area contributed by atoms with Crippen LogP contribution in [0.15, 0.2) is 4.36 Å². The Hall–Kier alpha value is -0.0500. The highest BCUT2D eigenvalue weighted by molar-refractivity contribution is 7.94. The summed E-state index contributed by atoms with van der Waals surface area (Å²) in [5, 5.41) is 0. The molecule has 1 saturated heterocycles. The molecule has 10 heavy (non-hydrogen) atoms. The van der Waals surface area contributed by atoms with Crippen LogP contribution in [0.5, 0.6) is 0 Å². The average molecular weight is 161 g/mol. The molecule has 0 spiro atoms. The molecular weight excluding hydrogens is 146 g/mol. The molecule has 3 heteroatoms. The van der Waals surface area contributed by atoms with Gasteiger partial charge in [-0.2, -0.15) is 0 Å². The van der Waals surface area contributed by atoms with Crippen molar-refractivity contribution in [3.8, 4) is 0 Å². The molecule has 0 radical (unpaired) electrons. The van der Waals surface area contributed by atoms with Crippen molar-refractivity contribution in [3.63, 3.8) is 0 Å². The van der Waals surface area contributed by atoms with Crippen LogP contribution in [-0.4, -0.2) is 21.3 Å². The lowest BCUT2D eigenvalue weighted by Crippen LogP contribution is -2.27. The first-order valence-electron chi connectivity index (χ1n) is 3.65. The molecule has 0 bridgehead atoms. The van der Waals surface area contributed by atoms with Crippen LogP contribution in [0, 0.1) is 0 Å². The van der Waals surface area contributed by atoms with Gasteiger partial charge in [-0.3, -0.25) is 0 Å². The first-order valence-corrected chi connectivity index (χ1v) is 5.50. The Labute approximate surface area is 63.2 Å². The van der Waals surface area contributed by atoms with E-state index in [1.165, 1.54) is 0 Å². The van der Waals surface area contributed by atoms with Gasteiger partial charge in [0.25, 0.3) is 0 Å². The van der Waals surface area contributed by atoms with Gasteiger partial charge in [0.2, 0.25) is 0 Å². The van der Waals surface area contributed by atoms with E-state index < -0.39 is 9.73 Å². The lowest BCUT2D eigenvalue weighted by molar-refractivity contribution is 0.576. The predicted molar refractivity (Wildman–Crippen MR) is 44.7 cm³/mol. The highest BCUT2D eigenvalue weighted by Crippen LogP contribution is 2.19. The Kier molecular flexibility index (Phi) is 1.79. The summed E-state index contributed by atoms with van der Waals surface area (Å²) in [7, 11) is -1.72. The largest absolute Gasteiger partial charge is 0.250 e. The van der Waals surface area contributed by atoms with Gasteiger partial charge in [0, 0.05) is 21.2 Å². The second-order valence-electron chi connectivity index (χ2n) is 3.80. The number of hydrogen-bond acceptors (Lipinski definition) is 2. The van der Waals surface area contributed by atoms with Crippen LogP contribution in [0.25, 0.3) is 0 Å². The Morgan fingerprint density at radius 1 is 1.30 bits per heavy atom. The third-order valence-electron chi connectivity index (χ3n) is 1.37. The van der Waals surface area contributed by atoms with Crippen LogP contribution >= 0.6 is 0 Å². The molecule has 60 valence electrons. The van der Waals surface area contributed by atoms with Gasteiger partial charge >= 0.3 is 0 Å². The first-order chi connectivity index (χ1) is 4.41. The van der Waals surface area contributed by atoms with Gasteiger partial charge in [0.05, 0.1) is 5.54 Å². The lowest BCUT2D eigenvalue weighted by Gasteiger charge is -2.23. The van der Waals surface area contributed by atoms with Gasteiger partial charge in [-0.25, -0.2) is 8.57 Å². The fourth-order valence-electron chi connectivity index (χ4n) is 0.982. The van der Waals surface area contributed by atoms with Crippen molar-refractivity contribution in [2.75, 3.05) is 11.5 Å². The number of hydrogen-bond donors (Lipinski definition) is 0. The molecule has 0 saturated carbocycles. The fourth-order valence-corrected chi connectivity index (χ4v) is 2.95. The Morgan fingerprint density at radius 2 is 1.80 bits per heavy atom. The molecule has 2 nitrogen and oxygen atoms in total. The van der Waals surface area contributed by atoms with Crippen LogP contribution in [0.4, 0.5) is 0 Å². The van der Waals surface area contributed by atoms with Crippen molar-refractivity contribution in [1.29, 1.82) is 0 Å². The average Bonchev–Trinajstić information content (AvgIpc) is 1.57. The maximum absolute atomic E-state index is 11.5. The summed E-state index contributed by atoms with van der Waals surface area (Å²) in [5.41, 5.74) is -0.114. The molecule has 1 aliphatic rings. The van der Waals surface area contributed by atoms with Crippen molar-refractivity contribution >= 4 is 9.73 Å². The molecular formula is C7H15NOS. The molecule has 0 unspecified atom stereocenters. The van der Waals surface area contributed by atoms with E-state index >= 15 is 0 Å². The van der Waals surface area contributed by atoms with E-state index in [4.69, 9.17) is 0 Å². The molecule has 1 aliphatic heterocycles. The molecule has 0 aromatic heterocycles. The van der Waals surface area contributed by atoms with Gasteiger partial charge in [-0.15, -0.1) is 0 Å². The second-order valence-corrected chi connectivity index (χ2v) is 6.34. The SMILES string of the molecule is CC(C)(C)N=S1(=O)CCC1. The quantitative estimate of drug-likeness (QED) is 0.531. The van der Waals surface area contributed by atoms with Gasteiger partial charge in [0.1, 0.15) is 0 Å². The zero-order valence-corrected chi connectivity index (χ0v) is 7.70. The van der Waals surface area contributed by atoms with Crippen molar-refractivity contribution in [2.24, 2.45) is 4.36 Å². The smallest absolute Gasteiger partial charge is 0.0618 e. The lowest BCUT2D eigenvalue weighted by atomic mass is 10.1. The zero-order valence-electron chi connectivity index (χ0n) is 6.89. The molecule has 0 aromatic carbocycles. The van der Waals surface area contributed by atoms with Crippen LogP contribution < -0.4 is 0 Å². The molecule has 0 N–H and O–H groups in total. The minimum Gasteiger partial charge on any atom is -0.250 e. The van der Waals surface area contributed by atoms with Crippen LogP contribution in [0.1, 0.15) is 27.2 Å². The summed E-state index contributed by atoms with van der Waals surface area (Å²) in [4.78, 5) is 0. The van der Waals surface area contributed by atoms with Gasteiger partial charge < -0.3 is 0 Å². The predicted octanol–water partition coefficient (Wildman–Crippen LogP) is 1.66. The highest BCUT2D eigenvalue weighted by atomic mass is 32.2. The Morgan fingerprint density at radius 3 is 1.90 bits per heavy atom. The van der Waals surface area contributed by atoms with Crippen LogP contribution in [0.2, 0.25) is 0 Å². The molecule has 1 fully saturated rings. The van der Waals surface area contributed by atoms with E-state index in [-0.39, 0.29) is 5.54 Å². The first kappa shape index (κ1) is 8.05. The topological polar surface area (TPSA) is 29.4 Å². The maximum Gasteiger partial charge on any atom is 0.0618 e. The normalized spacial score (nSPS) is 23.5. The summed E-state index contributed by atoms with van der Waals surface area (Å²) in [6.07, 6.45) is 1.10. The third-order valence-corrected chi connectivity index (χ3v) is 4.10. The highest BCUT2D eigenvalue weighted by Gasteiger charge is 2.22. The molecule has 1 rings (SSSR count). The fraction of sp³-hybridized carbons (Fsp3) is 1.00. The Bertz CT molecular complexity index is 220. The minimum absolute atomic E-state index is 0.114. The standard InChI is InChI=1S/C7H15NOS/c1-7(2,3)8-10(9)5-4-6-10/h4-6H2,1-3H3. The summed E-state index contributed by atoms with van der Waals surface area (Å²) in [5.74, 6) is 1.65. The monoisotopic (exact) mass is 161 g/mol. The maximum atomic E-state index is 11.5. The van der Waals surface area contributed by atoms with Crippen molar-refractivity contribution in [3.05, 3.63) is 0 Å². The molecule has 0 aliphatic carbocycles. The van der Waals surface area contributed by atoms with E-state index in [1.54, 1.807) is 0 Å². The number of nitrogens with zero attached hydrogens (tertiary/aromatic N) is 1. The molecule has 1 heterocycles. The van der Waals surface area contributed by atoms with Crippen LogP contribution in [0.3, 0.4) is 0 Å². The second kappa shape index (κ2) is 2.22. The van der Waals surface area contributed by atoms with Gasteiger partial charge in [-0.1, -0.05) is 0 Å². The van der Waals surface area contributed by atoms with E-state index in [2.05, 4.69) is 4.36 Å². The summed E-state index contributed by atoms with van der Waals surface area (Å²) in [6.45, 7) is 5.99. The van der Waals surface area contributed by atoms with Crippen molar-refractivity contribution in [1.82, 2.24) is 0 Å². The zero-order chi connectivity index (χ0) is 7.83. The molecule has 0 aromatic rings. The Balaban J connectivity index is 2.81. The minimum atomic E-state index is -1.72. The van der Waals surface area contributed by atoms with E-state index in [0.717, 1.165) is 17.9 Å².